The highest BCUT2D eigenvalue weighted by molar-refractivity contribution is 9.10. The van der Waals surface area contributed by atoms with Gasteiger partial charge in [-0.15, -0.1) is 0 Å². The maximum Gasteiger partial charge on any atom is 0.229 e. The summed E-state index contributed by atoms with van der Waals surface area (Å²) in [6.45, 7) is 0. The maximum atomic E-state index is 11.7. The Morgan fingerprint density at radius 1 is 1.36 bits per heavy atom. The number of benzene rings is 1. The van der Waals surface area contributed by atoms with Gasteiger partial charge in [0.2, 0.25) is 5.91 Å². The fourth-order valence-corrected chi connectivity index (χ4v) is 1.66. The lowest BCUT2D eigenvalue weighted by atomic mass is 10.2. The molecule has 1 amide bonds. The summed E-state index contributed by atoms with van der Waals surface area (Å²) >= 11 is 3.37. The van der Waals surface area contributed by atoms with Crippen molar-refractivity contribution in [1.29, 1.82) is 0 Å². The second kappa shape index (κ2) is 3.73. The van der Waals surface area contributed by atoms with Crippen LogP contribution in [0, 0.1) is 5.92 Å². The Kier molecular flexibility index (Phi) is 2.59. The molecule has 74 valence electrons. The van der Waals surface area contributed by atoms with Crippen LogP contribution in [-0.4, -0.2) is 13.0 Å². The van der Waals surface area contributed by atoms with Gasteiger partial charge >= 0.3 is 0 Å². The van der Waals surface area contributed by atoms with E-state index in [1.807, 2.05) is 31.3 Å². The van der Waals surface area contributed by atoms with Crippen LogP contribution in [0.5, 0.6) is 0 Å². The summed E-state index contributed by atoms with van der Waals surface area (Å²) in [6.07, 6.45) is 2.11. The molecular formula is C11H12BrNO. The highest BCUT2D eigenvalue weighted by Gasteiger charge is 2.32. The minimum absolute atomic E-state index is 0.243. The molecule has 14 heavy (non-hydrogen) atoms. The number of halogens is 1. The van der Waals surface area contributed by atoms with E-state index in [1.165, 1.54) is 0 Å². The van der Waals surface area contributed by atoms with Gasteiger partial charge in [-0.25, -0.2) is 0 Å². The molecule has 1 fully saturated rings. The summed E-state index contributed by atoms with van der Waals surface area (Å²) < 4.78 is 1.04. The molecule has 0 spiro atoms. The van der Waals surface area contributed by atoms with Gasteiger partial charge in [-0.1, -0.05) is 15.9 Å². The van der Waals surface area contributed by atoms with E-state index < -0.39 is 0 Å². The molecule has 0 aliphatic heterocycles. The van der Waals surface area contributed by atoms with E-state index in [2.05, 4.69) is 15.9 Å². The van der Waals surface area contributed by atoms with E-state index in [0.717, 1.165) is 23.0 Å². The molecule has 0 heterocycles. The first-order valence-electron chi connectivity index (χ1n) is 4.71. The number of anilines is 1. The van der Waals surface area contributed by atoms with Crippen molar-refractivity contribution < 1.29 is 4.79 Å². The molecule has 1 aliphatic carbocycles. The normalized spacial score (nSPS) is 15.3. The van der Waals surface area contributed by atoms with Crippen molar-refractivity contribution in [3.63, 3.8) is 0 Å². The highest BCUT2D eigenvalue weighted by Crippen LogP contribution is 2.32. The summed E-state index contributed by atoms with van der Waals surface area (Å²) in [6, 6.07) is 7.80. The fraction of sp³-hybridized carbons (Fsp3) is 0.364. The number of hydrogen-bond acceptors (Lipinski definition) is 1. The van der Waals surface area contributed by atoms with Crippen molar-refractivity contribution in [3.05, 3.63) is 28.7 Å². The number of amides is 1. The molecule has 1 aromatic carbocycles. The summed E-state index contributed by atoms with van der Waals surface area (Å²) in [7, 11) is 1.84. The molecule has 1 aromatic rings. The van der Waals surface area contributed by atoms with E-state index in [0.29, 0.717) is 0 Å². The third-order valence-corrected chi connectivity index (χ3v) is 3.00. The number of carbonyl (C=O) groups is 1. The number of nitrogens with zero attached hydrogens (tertiary/aromatic N) is 1. The number of carbonyl (C=O) groups excluding carboxylic acids is 1. The van der Waals surface area contributed by atoms with Gasteiger partial charge in [0.1, 0.15) is 0 Å². The molecule has 2 rings (SSSR count). The molecule has 0 unspecified atom stereocenters. The van der Waals surface area contributed by atoms with E-state index in [-0.39, 0.29) is 11.8 Å². The second-order valence-electron chi connectivity index (χ2n) is 3.65. The lowest BCUT2D eigenvalue weighted by Gasteiger charge is -2.16. The third-order valence-electron chi connectivity index (χ3n) is 2.47. The Morgan fingerprint density at radius 3 is 2.43 bits per heavy atom. The molecule has 2 nitrogen and oxygen atoms in total. The zero-order valence-electron chi connectivity index (χ0n) is 8.03. The van der Waals surface area contributed by atoms with Crippen LogP contribution in [0.3, 0.4) is 0 Å². The molecule has 1 saturated carbocycles. The van der Waals surface area contributed by atoms with Gasteiger partial charge < -0.3 is 4.90 Å². The summed E-state index contributed by atoms with van der Waals surface area (Å²) in [4.78, 5) is 13.4. The van der Waals surface area contributed by atoms with E-state index in [4.69, 9.17) is 0 Å². The van der Waals surface area contributed by atoms with Gasteiger partial charge in [-0.3, -0.25) is 4.79 Å². The monoisotopic (exact) mass is 253 g/mol. The van der Waals surface area contributed by atoms with Crippen molar-refractivity contribution in [1.82, 2.24) is 0 Å². The van der Waals surface area contributed by atoms with Gasteiger partial charge in [-0.05, 0) is 37.1 Å². The Morgan fingerprint density at radius 2 is 1.93 bits per heavy atom. The maximum absolute atomic E-state index is 11.7. The van der Waals surface area contributed by atoms with Crippen LogP contribution in [-0.2, 0) is 4.79 Å². The zero-order chi connectivity index (χ0) is 10.1. The fourth-order valence-electron chi connectivity index (χ4n) is 1.40. The SMILES string of the molecule is CN(C(=O)C1CC1)c1ccc(Br)cc1. The Balaban J connectivity index is 2.13. The molecule has 0 aromatic heterocycles. The van der Waals surface area contributed by atoms with Crippen LogP contribution in [0.1, 0.15) is 12.8 Å². The van der Waals surface area contributed by atoms with Gasteiger partial charge in [-0.2, -0.15) is 0 Å². The summed E-state index contributed by atoms with van der Waals surface area (Å²) in [5.74, 6) is 0.524. The Hall–Kier alpha value is -0.830. The smallest absolute Gasteiger partial charge is 0.229 e. The standard InChI is InChI=1S/C11H12BrNO/c1-13(11(14)8-2-3-8)10-6-4-9(12)5-7-10/h4-8H,2-3H2,1H3. The van der Waals surface area contributed by atoms with Gasteiger partial charge in [0.25, 0.3) is 0 Å². The van der Waals surface area contributed by atoms with Crippen molar-refractivity contribution in [2.75, 3.05) is 11.9 Å². The molecule has 0 saturated heterocycles. The average molecular weight is 254 g/mol. The molecule has 0 radical (unpaired) electrons. The lowest BCUT2D eigenvalue weighted by molar-refractivity contribution is -0.119. The largest absolute Gasteiger partial charge is 0.315 e. The van der Waals surface area contributed by atoms with E-state index >= 15 is 0 Å². The van der Waals surface area contributed by atoms with Crippen LogP contribution < -0.4 is 4.90 Å². The van der Waals surface area contributed by atoms with Gasteiger partial charge in [0.05, 0.1) is 0 Å². The predicted molar refractivity (Wildman–Crippen MR) is 60.3 cm³/mol. The quantitative estimate of drug-likeness (QED) is 0.794. The summed E-state index contributed by atoms with van der Waals surface area (Å²) in [5.41, 5.74) is 0.963. The van der Waals surface area contributed by atoms with E-state index in [1.54, 1.807) is 4.90 Å². The number of rotatable bonds is 2. The second-order valence-corrected chi connectivity index (χ2v) is 4.56. The molecule has 0 bridgehead atoms. The van der Waals surface area contributed by atoms with Crippen LogP contribution >= 0.6 is 15.9 Å². The first-order valence-corrected chi connectivity index (χ1v) is 5.51. The first kappa shape index (κ1) is 9.71. The molecule has 0 atom stereocenters. The van der Waals surface area contributed by atoms with E-state index in [9.17, 15) is 4.79 Å². The Bertz CT molecular complexity index is 343. The Labute approximate surface area is 92.0 Å². The van der Waals surface area contributed by atoms with Gasteiger partial charge in [0, 0.05) is 23.1 Å². The van der Waals surface area contributed by atoms with Crippen LogP contribution in [0.2, 0.25) is 0 Å². The molecule has 3 heteroatoms. The first-order chi connectivity index (χ1) is 6.68. The van der Waals surface area contributed by atoms with Crippen LogP contribution in [0.25, 0.3) is 0 Å². The average Bonchev–Trinajstić information content (AvgIpc) is 3.00. The van der Waals surface area contributed by atoms with Crippen molar-refractivity contribution in [2.24, 2.45) is 5.92 Å². The zero-order valence-corrected chi connectivity index (χ0v) is 9.62. The summed E-state index contributed by atoms with van der Waals surface area (Å²) in [5, 5.41) is 0. The number of hydrogen-bond donors (Lipinski definition) is 0. The lowest BCUT2D eigenvalue weighted by Crippen LogP contribution is -2.27. The minimum atomic E-state index is 0.243. The highest BCUT2D eigenvalue weighted by atomic mass is 79.9. The predicted octanol–water partition coefficient (Wildman–Crippen LogP) is 2.82. The van der Waals surface area contributed by atoms with Crippen LogP contribution in [0.15, 0.2) is 28.7 Å². The molecule has 0 N–H and O–H groups in total. The van der Waals surface area contributed by atoms with Crippen molar-refractivity contribution in [2.45, 2.75) is 12.8 Å². The van der Waals surface area contributed by atoms with Crippen molar-refractivity contribution >= 4 is 27.5 Å². The minimum Gasteiger partial charge on any atom is -0.315 e. The molecular weight excluding hydrogens is 242 g/mol. The third kappa shape index (κ3) is 1.98. The van der Waals surface area contributed by atoms with Gasteiger partial charge in [0.15, 0.2) is 0 Å². The van der Waals surface area contributed by atoms with Crippen LogP contribution in [0.4, 0.5) is 5.69 Å². The molecule has 1 aliphatic rings. The topological polar surface area (TPSA) is 20.3 Å². The van der Waals surface area contributed by atoms with Crippen molar-refractivity contribution in [3.8, 4) is 0 Å².